The van der Waals surface area contributed by atoms with E-state index in [2.05, 4.69) is 5.10 Å². The third kappa shape index (κ3) is 3.83. The van der Waals surface area contributed by atoms with Crippen LogP contribution < -0.4 is 0 Å². The highest BCUT2D eigenvalue weighted by molar-refractivity contribution is 5.92. The number of piperidine rings is 1. The molecule has 0 N–H and O–H groups in total. The minimum absolute atomic E-state index is 0.0121. The molecule has 1 amide bonds. The van der Waals surface area contributed by atoms with Crippen molar-refractivity contribution in [2.75, 3.05) is 13.1 Å². The number of nitrogens with zero attached hydrogens (tertiary/aromatic N) is 3. The highest BCUT2D eigenvalue weighted by Crippen LogP contribution is 2.24. The summed E-state index contributed by atoms with van der Waals surface area (Å²) in [6.07, 6.45) is 3.11. The van der Waals surface area contributed by atoms with Crippen LogP contribution in [0, 0.1) is 0 Å². The number of carbonyl (C=O) groups excluding carboxylic acids is 2. The Labute approximate surface area is 125 Å². The molecule has 6 nitrogen and oxygen atoms in total. The molecular formula is C15H23N3O3. The average molecular weight is 293 g/mol. The fourth-order valence-corrected chi connectivity index (χ4v) is 2.53. The van der Waals surface area contributed by atoms with Crippen LogP contribution in [0.15, 0.2) is 12.3 Å². The van der Waals surface area contributed by atoms with Crippen LogP contribution in [0.25, 0.3) is 0 Å². The Balaban J connectivity index is 2.09. The summed E-state index contributed by atoms with van der Waals surface area (Å²) >= 11 is 0. The predicted molar refractivity (Wildman–Crippen MR) is 78.3 cm³/mol. The summed E-state index contributed by atoms with van der Waals surface area (Å²) in [5.74, 6) is -0.0121. The van der Waals surface area contributed by atoms with Gasteiger partial charge in [-0.3, -0.25) is 9.48 Å². The first-order valence-electron chi connectivity index (χ1n) is 7.30. The first-order chi connectivity index (χ1) is 9.78. The van der Waals surface area contributed by atoms with Crippen LogP contribution in [-0.4, -0.2) is 45.2 Å². The van der Waals surface area contributed by atoms with Crippen LogP contribution in [0.3, 0.4) is 0 Å². The van der Waals surface area contributed by atoms with Crippen molar-refractivity contribution in [1.29, 1.82) is 0 Å². The number of rotatable bonds is 2. The van der Waals surface area contributed by atoms with Gasteiger partial charge < -0.3 is 9.64 Å². The topological polar surface area (TPSA) is 64.4 Å². The lowest BCUT2D eigenvalue weighted by atomic mass is 10.1. The molecule has 0 bridgehead atoms. The monoisotopic (exact) mass is 293 g/mol. The summed E-state index contributed by atoms with van der Waals surface area (Å²) in [5, 5.41) is 4.25. The second kappa shape index (κ2) is 5.87. The summed E-state index contributed by atoms with van der Waals surface area (Å²) in [6.45, 7) is 8.30. The number of ether oxygens (including phenoxy) is 1. The fourth-order valence-electron chi connectivity index (χ4n) is 2.53. The Kier molecular flexibility index (Phi) is 4.34. The standard InChI is InChI=1S/C15H23N3O3/c1-11(19)13-7-8-16-18(13)12-6-5-9-17(10-12)14(20)21-15(2,3)4/h7-8,12H,5-6,9-10H2,1-4H3. The van der Waals surface area contributed by atoms with Gasteiger partial charge in [0.2, 0.25) is 0 Å². The highest BCUT2D eigenvalue weighted by Gasteiger charge is 2.29. The molecule has 1 fully saturated rings. The predicted octanol–water partition coefficient (Wildman–Crippen LogP) is 2.66. The van der Waals surface area contributed by atoms with E-state index < -0.39 is 5.60 Å². The van der Waals surface area contributed by atoms with Crippen LogP contribution >= 0.6 is 0 Å². The molecule has 0 spiro atoms. The minimum Gasteiger partial charge on any atom is -0.444 e. The molecule has 2 rings (SSSR count). The Morgan fingerprint density at radius 3 is 2.71 bits per heavy atom. The molecular weight excluding hydrogens is 270 g/mol. The molecule has 0 aliphatic carbocycles. The van der Waals surface area contributed by atoms with Crippen molar-refractivity contribution in [3.63, 3.8) is 0 Å². The van der Waals surface area contributed by atoms with Crippen molar-refractivity contribution in [2.24, 2.45) is 0 Å². The van der Waals surface area contributed by atoms with Gasteiger partial charge in [-0.05, 0) is 39.7 Å². The van der Waals surface area contributed by atoms with Crippen molar-refractivity contribution in [3.05, 3.63) is 18.0 Å². The zero-order valence-corrected chi connectivity index (χ0v) is 13.1. The quantitative estimate of drug-likeness (QED) is 0.786. The van der Waals surface area contributed by atoms with E-state index in [4.69, 9.17) is 4.74 Å². The smallest absolute Gasteiger partial charge is 0.410 e. The van der Waals surface area contributed by atoms with E-state index >= 15 is 0 Å². The van der Waals surface area contributed by atoms with Gasteiger partial charge in [-0.25, -0.2) is 4.79 Å². The van der Waals surface area contributed by atoms with Crippen LogP contribution in [0.5, 0.6) is 0 Å². The third-order valence-corrected chi connectivity index (χ3v) is 3.43. The van der Waals surface area contributed by atoms with Crippen LogP contribution in [-0.2, 0) is 4.74 Å². The molecule has 0 radical (unpaired) electrons. The summed E-state index contributed by atoms with van der Waals surface area (Å²) in [5.41, 5.74) is 0.0892. The molecule has 1 aromatic heterocycles. The van der Waals surface area contributed by atoms with Gasteiger partial charge in [-0.15, -0.1) is 0 Å². The molecule has 21 heavy (non-hydrogen) atoms. The zero-order valence-electron chi connectivity index (χ0n) is 13.1. The van der Waals surface area contributed by atoms with Crippen molar-refractivity contribution in [2.45, 2.75) is 52.2 Å². The van der Waals surface area contributed by atoms with Crippen molar-refractivity contribution < 1.29 is 14.3 Å². The van der Waals surface area contributed by atoms with Gasteiger partial charge in [0.15, 0.2) is 5.78 Å². The Morgan fingerprint density at radius 2 is 2.10 bits per heavy atom. The number of likely N-dealkylation sites (tertiary alicyclic amines) is 1. The number of Topliss-reactive ketones (excluding diaryl/α,β-unsaturated/α-hetero) is 1. The van der Waals surface area contributed by atoms with Gasteiger partial charge in [0.05, 0.1) is 6.04 Å². The third-order valence-electron chi connectivity index (χ3n) is 3.43. The molecule has 1 saturated heterocycles. The number of ketones is 1. The molecule has 6 heteroatoms. The van der Waals surface area contributed by atoms with Gasteiger partial charge in [-0.2, -0.15) is 5.10 Å². The molecule has 1 aliphatic rings. The van der Waals surface area contributed by atoms with Gasteiger partial charge in [0.1, 0.15) is 11.3 Å². The maximum absolute atomic E-state index is 12.2. The van der Waals surface area contributed by atoms with E-state index in [1.807, 2.05) is 20.8 Å². The molecule has 2 heterocycles. The first kappa shape index (κ1) is 15.5. The lowest BCUT2D eigenvalue weighted by Gasteiger charge is -2.34. The van der Waals surface area contributed by atoms with E-state index in [-0.39, 0.29) is 17.9 Å². The minimum atomic E-state index is -0.500. The normalized spacial score (nSPS) is 19.4. The second-order valence-corrected chi connectivity index (χ2v) is 6.44. The lowest BCUT2D eigenvalue weighted by Crippen LogP contribution is -2.43. The Hall–Kier alpha value is -1.85. The number of hydrogen-bond acceptors (Lipinski definition) is 4. The largest absolute Gasteiger partial charge is 0.444 e. The van der Waals surface area contributed by atoms with Gasteiger partial charge in [0.25, 0.3) is 0 Å². The Bertz CT molecular complexity index is 531. The van der Waals surface area contributed by atoms with Gasteiger partial charge in [-0.1, -0.05) is 0 Å². The number of aromatic nitrogens is 2. The SMILES string of the molecule is CC(=O)c1ccnn1C1CCCN(C(=O)OC(C)(C)C)C1. The number of carbonyl (C=O) groups is 2. The molecule has 116 valence electrons. The average Bonchev–Trinajstić information content (AvgIpc) is 2.86. The van der Waals surface area contributed by atoms with E-state index in [0.717, 1.165) is 12.8 Å². The van der Waals surface area contributed by atoms with Gasteiger partial charge >= 0.3 is 6.09 Å². The van der Waals surface area contributed by atoms with E-state index in [1.54, 1.807) is 21.8 Å². The van der Waals surface area contributed by atoms with Crippen LogP contribution in [0.4, 0.5) is 4.79 Å². The van der Waals surface area contributed by atoms with E-state index in [1.165, 1.54) is 6.92 Å². The molecule has 0 aromatic carbocycles. The van der Waals surface area contributed by atoms with Crippen LogP contribution in [0.1, 0.15) is 57.1 Å². The molecule has 1 atom stereocenters. The van der Waals surface area contributed by atoms with E-state index in [9.17, 15) is 9.59 Å². The summed E-state index contributed by atoms with van der Waals surface area (Å²) in [7, 11) is 0. The maximum Gasteiger partial charge on any atom is 0.410 e. The summed E-state index contributed by atoms with van der Waals surface area (Å²) < 4.78 is 7.15. The summed E-state index contributed by atoms with van der Waals surface area (Å²) in [4.78, 5) is 25.5. The van der Waals surface area contributed by atoms with E-state index in [0.29, 0.717) is 18.8 Å². The fraction of sp³-hybridized carbons (Fsp3) is 0.667. The van der Waals surface area contributed by atoms with Crippen molar-refractivity contribution in [1.82, 2.24) is 14.7 Å². The maximum atomic E-state index is 12.2. The molecule has 1 aliphatic heterocycles. The van der Waals surface area contributed by atoms with Crippen molar-refractivity contribution in [3.8, 4) is 0 Å². The molecule has 1 unspecified atom stereocenters. The molecule has 0 saturated carbocycles. The lowest BCUT2D eigenvalue weighted by molar-refractivity contribution is 0.0166. The number of hydrogen-bond donors (Lipinski definition) is 0. The second-order valence-electron chi connectivity index (χ2n) is 6.44. The Morgan fingerprint density at radius 1 is 1.38 bits per heavy atom. The molecule has 1 aromatic rings. The highest BCUT2D eigenvalue weighted by atomic mass is 16.6. The first-order valence-corrected chi connectivity index (χ1v) is 7.30. The summed E-state index contributed by atoms with van der Waals surface area (Å²) in [6, 6.07) is 1.74. The zero-order chi connectivity index (χ0) is 15.6. The number of amides is 1. The van der Waals surface area contributed by atoms with Crippen LogP contribution in [0.2, 0.25) is 0 Å². The van der Waals surface area contributed by atoms with Gasteiger partial charge in [0, 0.05) is 26.2 Å². The van der Waals surface area contributed by atoms with Crippen molar-refractivity contribution >= 4 is 11.9 Å².